The Morgan fingerprint density at radius 3 is 3.11 bits per heavy atom. The van der Waals surface area contributed by atoms with Crippen molar-refractivity contribution in [3.63, 3.8) is 0 Å². The van der Waals surface area contributed by atoms with Gasteiger partial charge in [0.1, 0.15) is 12.4 Å². The van der Waals surface area contributed by atoms with Gasteiger partial charge in [0.25, 0.3) is 0 Å². The Morgan fingerprint density at radius 1 is 1.44 bits per heavy atom. The highest BCUT2D eigenvalue weighted by atomic mass is 32.1. The molecule has 0 aliphatic carbocycles. The molecule has 0 fully saturated rings. The molecule has 0 aliphatic rings. The summed E-state index contributed by atoms with van der Waals surface area (Å²) in [6.07, 6.45) is 4.49. The molecule has 3 rings (SSSR count). The molecule has 5 nitrogen and oxygen atoms in total. The smallest absolute Gasteiger partial charge is 0.246 e. The molecular formula is C12H12N4OS. The lowest BCUT2D eigenvalue weighted by Gasteiger charge is -2.02. The molecule has 0 atom stereocenters. The summed E-state index contributed by atoms with van der Waals surface area (Å²) in [6, 6.07) is 4.07. The number of hydrogen-bond acceptors (Lipinski definition) is 5. The lowest BCUT2D eigenvalue weighted by atomic mass is 10.4. The van der Waals surface area contributed by atoms with Gasteiger partial charge in [0.15, 0.2) is 5.82 Å². The van der Waals surface area contributed by atoms with Crippen LogP contribution in [-0.4, -0.2) is 19.7 Å². The number of aromatic nitrogens is 4. The topological polar surface area (TPSA) is 56.7 Å². The minimum absolute atomic E-state index is 0.556. The van der Waals surface area contributed by atoms with Crippen molar-refractivity contribution >= 4 is 11.3 Å². The zero-order valence-corrected chi connectivity index (χ0v) is 10.7. The van der Waals surface area contributed by atoms with E-state index in [9.17, 15) is 0 Å². The summed E-state index contributed by atoms with van der Waals surface area (Å²) in [6.45, 7) is 2.56. The summed E-state index contributed by atoms with van der Waals surface area (Å²) in [4.78, 5) is 9.80. The Hall–Kier alpha value is -1.95. The fraction of sp³-hybridized carbons (Fsp3) is 0.250. The number of aryl methyl sites for hydroxylation is 1. The van der Waals surface area contributed by atoms with Crippen LogP contribution in [-0.2, 0) is 13.0 Å². The van der Waals surface area contributed by atoms with Crippen molar-refractivity contribution in [2.24, 2.45) is 0 Å². The predicted octanol–water partition coefficient (Wildman–Crippen LogP) is 2.61. The number of imidazole rings is 1. The SMILES string of the molecule is CCc1noc(Cn2ccnc2-c2cccs2)n1. The van der Waals surface area contributed by atoms with Crippen LogP contribution < -0.4 is 0 Å². The third kappa shape index (κ3) is 2.06. The maximum absolute atomic E-state index is 5.19. The number of nitrogens with zero attached hydrogens (tertiary/aromatic N) is 4. The maximum Gasteiger partial charge on any atom is 0.246 e. The number of thiophene rings is 1. The fourth-order valence-electron chi connectivity index (χ4n) is 1.71. The summed E-state index contributed by atoms with van der Waals surface area (Å²) < 4.78 is 7.21. The van der Waals surface area contributed by atoms with Gasteiger partial charge in [-0.2, -0.15) is 4.98 Å². The molecular weight excluding hydrogens is 248 g/mol. The van der Waals surface area contributed by atoms with Crippen molar-refractivity contribution in [1.82, 2.24) is 19.7 Å². The van der Waals surface area contributed by atoms with E-state index in [1.54, 1.807) is 17.5 Å². The van der Waals surface area contributed by atoms with E-state index >= 15 is 0 Å². The Bertz CT molecular complexity index is 626. The normalized spacial score (nSPS) is 10.9. The minimum Gasteiger partial charge on any atom is -0.337 e. The van der Waals surface area contributed by atoms with Crippen LogP contribution in [0.25, 0.3) is 10.7 Å². The largest absolute Gasteiger partial charge is 0.337 e. The second-order valence-electron chi connectivity index (χ2n) is 3.81. The maximum atomic E-state index is 5.19. The van der Waals surface area contributed by atoms with E-state index in [1.807, 2.05) is 29.1 Å². The van der Waals surface area contributed by atoms with Crippen molar-refractivity contribution in [3.05, 3.63) is 41.6 Å². The molecule has 0 aliphatic heterocycles. The summed E-state index contributed by atoms with van der Waals surface area (Å²) >= 11 is 1.67. The molecule has 0 amide bonds. The number of rotatable bonds is 4. The average Bonchev–Trinajstić information content (AvgIpc) is 3.09. The van der Waals surface area contributed by atoms with Crippen LogP contribution >= 0.6 is 11.3 Å². The average molecular weight is 260 g/mol. The van der Waals surface area contributed by atoms with E-state index in [-0.39, 0.29) is 0 Å². The third-order valence-corrected chi connectivity index (χ3v) is 3.45. The Morgan fingerprint density at radius 2 is 2.39 bits per heavy atom. The highest BCUT2D eigenvalue weighted by Crippen LogP contribution is 2.23. The van der Waals surface area contributed by atoms with E-state index < -0.39 is 0 Å². The molecule has 6 heteroatoms. The van der Waals surface area contributed by atoms with Crippen LogP contribution in [0.4, 0.5) is 0 Å². The molecule has 92 valence electrons. The molecule has 0 spiro atoms. The van der Waals surface area contributed by atoms with E-state index in [2.05, 4.69) is 21.2 Å². The first-order valence-corrected chi connectivity index (χ1v) is 6.61. The third-order valence-electron chi connectivity index (χ3n) is 2.59. The number of hydrogen-bond donors (Lipinski definition) is 0. The van der Waals surface area contributed by atoms with Gasteiger partial charge in [0, 0.05) is 18.8 Å². The van der Waals surface area contributed by atoms with Crippen LogP contribution in [0.3, 0.4) is 0 Å². The van der Waals surface area contributed by atoms with Crippen LogP contribution in [0.1, 0.15) is 18.6 Å². The van der Waals surface area contributed by atoms with Crippen molar-refractivity contribution in [3.8, 4) is 10.7 Å². The fourth-order valence-corrected chi connectivity index (χ4v) is 2.45. The second kappa shape index (κ2) is 4.73. The minimum atomic E-state index is 0.556. The zero-order valence-electron chi connectivity index (χ0n) is 9.91. The van der Waals surface area contributed by atoms with E-state index in [0.29, 0.717) is 12.4 Å². The Balaban J connectivity index is 1.87. The quantitative estimate of drug-likeness (QED) is 0.723. The van der Waals surface area contributed by atoms with Crippen LogP contribution in [0.5, 0.6) is 0 Å². The molecule has 0 aromatic carbocycles. The van der Waals surface area contributed by atoms with Gasteiger partial charge in [-0.25, -0.2) is 4.98 Å². The molecule has 0 saturated carbocycles. The van der Waals surface area contributed by atoms with Crippen LogP contribution in [0.15, 0.2) is 34.4 Å². The van der Waals surface area contributed by atoms with E-state index in [4.69, 9.17) is 4.52 Å². The lowest BCUT2D eigenvalue weighted by Crippen LogP contribution is -2.00. The van der Waals surface area contributed by atoms with Crippen molar-refractivity contribution in [1.29, 1.82) is 0 Å². The first-order chi connectivity index (χ1) is 8.86. The van der Waals surface area contributed by atoms with Crippen LogP contribution in [0, 0.1) is 0 Å². The van der Waals surface area contributed by atoms with Crippen LogP contribution in [0.2, 0.25) is 0 Å². The summed E-state index contributed by atoms with van der Waals surface area (Å²) in [5.74, 6) is 2.28. The first-order valence-electron chi connectivity index (χ1n) is 5.73. The van der Waals surface area contributed by atoms with Gasteiger partial charge in [0.05, 0.1) is 4.88 Å². The van der Waals surface area contributed by atoms with Crippen molar-refractivity contribution in [2.75, 3.05) is 0 Å². The highest BCUT2D eigenvalue weighted by molar-refractivity contribution is 7.13. The molecule has 0 saturated heterocycles. The standard InChI is InChI=1S/C12H12N4OS/c1-2-10-14-11(17-15-10)8-16-6-5-13-12(16)9-4-3-7-18-9/h3-7H,2,8H2,1H3. The van der Waals surface area contributed by atoms with E-state index in [0.717, 1.165) is 22.9 Å². The van der Waals surface area contributed by atoms with Crippen molar-refractivity contribution in [2.45, 2.75) is 19.9 Å². The highest BCUT2D eigenvalue weighted by Gasteiger charge is 2.10. The van der Waals surface area contributed by atoms with Crippen molar-refractivity contribution < 1.29 is 4.52 Å². The lowest BCUT2D eigenvalue weighted by molar-refractivity contribution is 0.367. The zero-order chi connectivity index (χ0) is 12.4. The summed E-state index contributed by atoms with van der Waals surface area (Å²) in [5.41, 5.74) is 0. The predicted molar refractivity (Wildman–Crippen MR) is 68.3 cm³/mol. The summed E-state index contributed by atoms with van der Waals surface area (Å²) in [7, 11) is 0. The molecule has 0 radical (unpaired) electrons. The van der Waals surface area contributed by atoms with Gasteiger partial charge in [-0.15, -0.1) is 11.3 Å². The Kier molecular flexibility index (Phi) is 2.93. The Labute approximate surface area is 108 Å². The molecule has 3 aromatic heterocycles. The van der Waals surface area contributed by atoms with Gasteiger partial charge < -0.3 is 9.09 Å². The van der Waals surface area contributed by atoms with Gasteiger partial charge in [0.2, 0.25) is 5.89 Å². The second-order valence-corrected chi connectivity index (χ2v) is 4.76. The monoisotopic (exact) mass is 260 g/mol. The van der Waals surface area contributed by atoms with Gasteiger partial charge in [-0.1, -0.05) is 18.1 Å². The molecule has 0 bridgehead atoms. The molecule has 3 aromatic rings. The van der Waals surface area contributed by atoms with E-state index in [1.165, 1.54) is 0 Å². The molecule has 18 heavy (non-hydrogen) atoms. The molecule has 3 heterocycles. The molecule has 0 unspecified atom stereocenters. The molecule has 0 N–H and O–H groups in total. The summed E-state index contributed by atoms with van der Waals surface area (Å²) in [5, 5.41) is 5.93. The first kappa shape index (κ1) is 11.2. The van der Waals surface area contributed by atoms with Gasteiger partial charge in [-0.05, 0) is 11.4 Å². The van der Waals surface area contributed by atoms with Gasteiger partial charge in [-0.3, -0.25) is 0 Å². The van der Waals surface area contributed by atoms with Gasteiger partial charge >= 0.3 is 0 Å².